The van der Waals surface area contributed by atoms with E-state index in [-0.39, 0.29) is 12.3 Å². The Balaban J connectivity index is 2.69. The van der Waals surface area contributed by atoms with E-state index >= 15 is 0 Å². The second kappa shape index (κ2) is 4.80. The van der Waals surface area contributed by atoms with Crippen LogP contribution in [0.3, 0.4) is 0 Å². The summed E-state index contributed by atoms with van der Waals surface area (Å²) in [5, 5.41) is 0.683. The topological polar surface area (TPSA) is 43.1 Å². The van der Waals surface area contributed by atoms with Crippen LogP contribution in [0.5, 0.6) is 0 Å². The van der Waals surface area contributed by atoms with Gasteiger partial charge in [-0.25, -0.2) is 0 Å². The van der Waals surface area contributed by atoms with Crippen molar-refractivity contribution in [1.29, 1.82) is 0 Å². The van der Waals surface area contributed by atoms with E-state index in [0.29, 0.717) is 5.02 Å². The standard InChI is InChI=1S/C10H10ClNO/c11-9-4-1-8(2-5-9)3-6-10(13)7-12/h1-6H,7,12H2/b6-3+. The van der Waals surface area contributed by atoms with E-state index in [4.69, 9.17) is 17.3 Å². The first-order valence-electron chi connectivity index (χ1n) is 3.89. The summed E-state index contributed by atoms with van der Waals surface area (Å²) >= 11 is 5.69. The molecular weight excluding hydrogens is 186 g/mol. The van der Waals surface area contributed by atoms with Crippen LogP contribution in [-0.2, 0) is 4.79 Å². The molecule has 0 aliphatic heterocycles. The van der Waals surface area contributed by atoms with Gasteiger partial charge in [0.05, 0.1) is 6.54 Å². The highest BCUT2D eigenvalue weighted by atomic mass is 35.5. The summed E-state index contributed by atoms with van der Waals surface area (Å²) in [5.41, 5.74) is 6.07. The largest absolute Gasteiger partial charge is 0.324 e. The summed E-state index contributed by atoms with van der Waals surface area (Å²) in [6.45, 7) is 0.0457. The van der Waals surface area contributed by atoms with Crippen molar-refractivity contribution in [2.75, 3.05) is 6.54 Å². The Bertz CT molecular complexity index is 316. The van der Waals surface area contributed by atoms with E-state index in [1.807, 2.05) is 12.1 Å². The summed E-state index contributed by atoms with van der Waals surface area (Å²) in [7, 11) is 0. The van der Waals surface area contributed by atoms with Gasteiger partial charge in [0.25, 0.3) is 0 Å². The van der Waals surface area contributed by atoms with Crippen molar-refractivity contribution in [3.8, 4) is 0 Å². The van der Waals surface area contributed by atoms with Gasteiger partial charge in [-0.15, -0.1) is 0 Å². The molecule has 0 unspecified atom stereocenters. The van der Waals surface area contributed by atoms with E-state index in [1.165, 1.54) is 6.08 Å². The number of rotatable bonds is 3. The smallest absolute Gasteiger partial charge is 0.169 e. The highest BCUT2D eigenvalue weighted by molar-refractivity contribution is 6.30. The quantitative estimate of drug-likeness (QED) is 0.749. The summed E-state index contributed by atoms with van der Waals surface area (Å²) in [6, 6.07) is 7.22. The Labute approximate surface area is 82.0 Å². The van der Waals surface area contributed by atoms with Crippen LogP contribution in [0, 0.1) is 0 Å². The zero-order valence-corrected chi connectivity index (χ0v) is 7.79. The highest BCUT2D eigenvalue weighted by Crippen LogP contribution is 2.10. The first-order valence-corrected chi connectivity index (χ1v) is 4.26. The van der Waals surface area contributed by atoms with Gasteiger partial charge in [0, 0.05) is 5.02 Å². The zero-order chi connectivity index (χ0) is 9.68. The SMILES string of the molecule is NCC(=O)/C=C/c1ccc(Cl)cc1. The molecule has 0 fully saturated rings. The Hall–Kier alpha value is -1.12. The van der Waals surface area contributed by atoms with Crippen LogP contribution in [0.15, 0.2) is 30.3 Å². The summed E-state index contributed by atoms with van der Waals surface area (Å²) in [6.07, 6.45) is 3.18. The molecule has 13 heavy (non-hydrogen) atoms. The van der Waals surface area contributed by atoms with Crippen LogP contribution in [0.25, 0.3) is 6.08 Å². The molecule has 0 aliphatic carbocycles. The number of hydrogen-bond acceptors (Lipinski definition) is 2. The van der Waals surface area contributed by atoms with Crippen molar-refractivity contribution in [2.45, 2.75) is 0 Å². The fourth-order valence-electron chi connectivity index (χ4n) is 0.831. The number of ketones is 1. The van der Waals surface area contributed by atoms with Crippen LogP contribution in [-0.4, -0.2) is 12.3 Å². The number of benzene rings is 1. The van der Waals surface area contributed by atoms with Crippen LogP contribution in [0.4, 0.5) is 0 Å². The molecule has 0 radical (unpaired) electrons. The molecule has 0 saturated carbocycles. The predicted octanol–water partition coefficient (Wildman–Crippen LogP) is 1.88. The number of carbonyl (C=O) groups is 1. The molecule has 0 amide bonds. The van der Waals surface area contributed by atoms with Gasteiger partial charge in [-0.2, -0.15) is 0 Å². The molecule has 0 atom stereocenters. The Kier molecular flexibility index (Phi) is 3.68. The van der Waals surface area contributed by atoms with E-state index in [0.717, 1.165) is 5.56 Å². The Morgan fingerprint density at radius 3 is 2.54 bits per heavy atom. The van der Waals surface area contributed by atoms with Crippen molar-refractivity contribution in [3.63, 3.8) is 0 Å². The molecule has 0 saturated heterocycles. The first-order chi connectivity index (χ1) is 6.22. The van der Waals surface area contributed by atoms with Crippen LogP contribution < -0.4 is 5.73 Å². The second-order valence-corrected chi connectivity index (χ2v) is 2.99. The van der Waals surface area contributed by atoms with Crippen molar-refractivity contribution in [3.05, 3.63) is 40.9 Å². The van der Waals surface area contributed by atoms with Gasteiger partial charge in [0.15, 0.2) is 5.78 Å². The first kappa shape index (κ1) is 9.96. The number of hydrogen-bond donors (Lipinski definition) is 1. The molecule has 0 spiro atoms. The maximum Gasteiger partial charge on any atom is 0.169 e. The van der Waals surface area contributed by atoms with Gasteiger partial charge in [-0.1, -0.05) is 29.8 Å². The second-order valence-electron chi connectivity index (χ2n) is 2.56. The van der Waals surface area contributed by atoms with Crippen molar-refractivity contribution in [2.24, 2.45) is 5.73 Å². The molecule has 3 heteroatoms. The zero-order valence-electron chi connectivity index (χ0n) is 7.03. The van der Waals surface area contributed by atoms with Crippen molar-refractivity contribution < 1.29 is 4.79 Å². The lowest BCUT2D eigenvalue weighted by Crippen LogP contribution is -2.09. The third kappa shape index (κ3) is 3.40. The minimum absolute atomic E-state index is 0.0457. The lowest BCUT2D eigenvalue weighted by Gasteiger charge is -1.92. The molecule has 0 aromatic heterocycles. The van der Waals surface area contributed by atoms with E-state index in [2.05, 4.69) is 0 Å². The van der Waals surface area contributed by atoms with Gasteiger partial charge in [-0.05, 0) is 23.8 Å². The lowest BCUT2D eigenvalue weighted by molar-refractivity contribution is -0.113. The van der Waals surface area contributed by atoms with Crippen LogP contribution in [0.1, 0.15) is 5.56 Å². The third-order valence-electron chi connectivity index (χ3n) is 1.53. The maximum atomic E-state index is 10.8. The average Bonchev–Trinajstić information content (AvgIpc) is 2.16. The van der Waals surface area contributed by atoms with Gasteiger partial charge >= 0.3 is 0 Å². The Morgan fingerprint density at radius 2 is 2.00 bits per heavy atom. The molecule has 2 nitrogen and oxygen atoms in total. The summed E-state index contributed by atoms with van der Waals surface area (Å²) in [4.78, 5) is 10.8. The van der Waals surface area contributed by atoms with Gasteiger partial charge < -0.3 is 5.73 Å². The summed E-state index contributed by atoms with van der Waals surface area (Å²) < 4.78 is 0. The van der Waals surface area contributed by atoms with Gasteiger partial charge in [0.1, 0.15) is 0 Å². The molecule has 0 aliphatic rings. The van der Waals surface area contributed by atoms with Crippen molar-refractivity contribution >= 4 is 23.5 Å². The summed E-state index contributed by atoms with van der Waals surface area (Å²) in [5.74, 6) is -0.0880. The van der Waals surface area contributed by atoms with Gasteiger partial charge in [-0.3, -0.25) is 4.79 Å². The molecule has 1 aromatic rings. The molecule has 2 N–H and O–H groups in total. The van der Waals surface area contributed by atoms with Crippen molar-refractivity contribution in [1.82, 2.24) is 0 Å². The van der Waals surface area contributed by atoms with E-state index in [1.54, 1.807) is 18.2 Å². The van der Waals surface area contributed by atoms with Crippen LogP contribution in [0.2, 0.25) is 5.02 Å². The number of nitrogens with two attached hydrogens (primary N) is 1. The monoisotopic (exact) mass is 195 g/mol. The fourth-order valence-corrected chi connectivity index (χ4v) is 0.957. The Morgan fingerprint density at radius 1 is 1.38 bits per heavy atom. The van der Waals surface area contributed by atoms with Gasteiger partial charge in [0.2, 0.25) is 0 Å². The normalized spacial score (nSPS) is 10.6. The fraction of sp³-hybridized carbons (Fsp3) is 0.100. The molecule has 1 rings (SSSR count). The number of halogens is 1. The van der Waals surface area contributed by atoms with Crippen LogP contribution >= 0.6 is 11.6 Å². The molecule has 68 valence electrons. The number of carbonyl (C=O) groups excluding carboxylic acids is 1. The minimum Gasteiger partial charge on any atom is -0.324 e. The maximum absolute atomic E-state index is 10.8. The lowest BCUT2D eigenvalue weighted by atomic mass is 10.2. The molecule has 0 bridgehead atoms. The molecule has 0 heterocycles. The van der Waals surface area contributed by atoms with E-state index in [9.17, 15) is 4.79 Å². The average molecular weight is 196 g/mol. The predicted molar refractivity (Wildman–Crippen MR) is 54.5 cm³/mol. The minimum atomic E-state index is -0.0880. The van der Waals surface area contributed by atoms with E-state index < -0.39 is 0 Å². The molecule has 1 aromatic carbocycles. The highest BCUT2D eigenvalue weighted by Gasteiger charge is 1.91. The third-order valence-corrected chi connectivity index (χ3v) is 1.78. The molecular formula is C10H10ClNO.